The largest absolute Gasteiger partial charge is 0.313 e. The molecule has 1 aromatic carbocycles. The fraction of sp³-hybridized carbons (Fsp3) is 0.267. The van der Waals surface area contributed by atoms with Crippen molar-refractivity contribution in [1.29, 1.82) is 0 Å². The van der Waals surface area contributed by atoms with Gasteiger partial charge >= 0.3 is 0 Å². The van der Waals surface area contributed by atoms with Gasteiger partial charge in [-0.05, 0) is 55.8 Å². The molecule has 2 aromatic rings. The van der Waals surface area contributed by atoms with Gasteiger partial charge in [-0.25, -0.2) is 0 Å². The number of pyridine rings is 1. The van der Waals surface area contributed by atoms with Gasteiger partial charge in [0.2, 0.25) is 0 Å². The van der Waals surface area contributed by atoms with E-state index in [1.807, 2.05) is 38.4 Å². The summed E-state index contributed by atoms with van der Waals surface area (Å²) in [5.74, 6) is 0. The number of aryl methyl sites for hydroxylation is 1. The number of nitrogens with one attached hydrogen (secondary N) is 1. The molecule has 0 aliphatic carbocycles. The van der Waals surface area contributed by atoms with Crippen LogP contribution in [0.15, 0.2) is 41.0 Å². The van der Waals surface area contributed by atoms with Gasteiger partial charge in [0, 0.05) is 27.4 Å². The fourth-order valence-electron chi connectivity index (χ4n) is 2.08. The third-order valence-corrected chi connectivity index (χ3v) is 3.96. The number of halogens is 2. The molecule has 1 aromatic heterocycles. The first kappa shape index (κ1) is 14.5. The lowest BCUT2D eigenvalue weighted by molar-refractivity contribution is 0.591. The molecule has 1 atom stereocenters. The summed E-state index contributed by atoms with van der Waals surface area (Å²) in [6.07, 6.45) is 2.70. The van der Waals surface area contributed by atoms with Crippen molar-refractivity contribution in [3.05, 3.63) is 62.8 Å². The van der Waals surface area contributed by atoms with E-state index in [4.69, 9.17) is 11.6 Å². The second-order valence-corrected chi connectivity index (χ2v) is 5.83. The van der Waals surface area contributed by atoms with Crippen LogP contribution in [0.4, 0.5) is 0 Å². The Bertz CT molecular complexity index is 572. The molecule has 0 aliphatic rings. The van der Waals surface area contributed by atoms with Crippen molar-refractivity contribution in [2.45, 2.75) is 19.4 Å². The van der Waals surface area contributed by atoms with Crippen LogP contribution in [-0.4, -0.2) is 12.0 Å². The summed E-state index contributed by atoms with van der Waals surface area (Å²) in [5, 5.41) is 4.13. The summed E-state index contributed by atoms with van der Waals surface area (Å²) < 4.78 is 1.00. The lowest BCUT2D eigenvalue weighted by Crippen LogP contribution is -2.19. The predicted octanol–water partition coefficient (Wildman–Crippen LogP) is 4.31. The highest BCUT2D eigenvalue weighted by Crippen LogP contribution is 2.26. The minimum Gasteiger partial charge on any atom is -0.313 e. The van der Waals surface area contributed by atoms with Gasteiger partial charge in [-0.1, -0.05) is 33.6 Å². The van der Waals surface area contributed by atoms with Crippen LogP contribution >= 0.6 is 27.5 Å². The van der Waals surface area contributed by atoms with Gasteiger partial charge < -0.3 is 5.32 Å². The van der Waals surface area contributed by atoms with E-state index in [1.165, 1.54) is 5.56 Å². The molecule has 1 heterocycles. The van der Waals surface area contributed by atoms with Crippen molar-refractivity contribution in [1.82, 2.24) is 10.3 Å². The number of likely N-dealkylation sites (N-methyl/N-ethyl adjacent to an activating group) is 1. The summed E-state index contributed by atoms with van der Waals surface area (Å²) in [6.45, 7) is 2.00. The van der Waals surface area contributed by atoms with Crippen molar-refractivity contribution < 1.29 is 0 Å². The Morgan fingerprint density at radius 3 is 2.74 bits per heavy atom. The first-order valence-electron chi connectivity index (χ1n) is 6.14. The average molecular weight is 340 g/mol. The number of rotatable bonds is 4. The van der Waals surface area contributed by atoms with Gasteiger partial charge in [0.25, 0.3) is 0 Å². The molecule has 0 amide bonds. The lowest BCUT2D eigenvalue weighted by Gasteiger charge is -2.18. The van der Waals surface area contributed by atoms with Crippen LogP contribution in [0.25, 0.3) is 0 Å². The Morgan fingerprint density at radius 1 is 1.32 bits per heavy atom. The van der Waals surface area contributed by atoms with Gasteiger partial charge in [0.05, 0.1) is 0 Å². The highest BCUT2D eigenvalue weighted by molar-refractivity contribution is 9.10. The molecule has 0 saturated carbocycles. The molecule has 1 N–H and O–H groups in total. The van der Waals surface area contributed by atoms with Crippen molar-refractivity contribution in [2.24, 2.45) is 0 Å². The quantitative estimate of drug-likeness (QED) is 0.898. The molecule has 0 saturated heterocycles. The van der Waals surface area contributed by atoms with E-state index >= 15 is 0 Å². The second-order valence-electron chi connectivity index (χ2n) is 4.51. The Hall–Kier alpha value is -0.900. The van der Waals surface area contributed by atoms with Crippen LogP contribution < -0.4 is 5.32 Å². The Morgan fingerprint density at radius 2 is 2.11 bits per heavy atom. The number of benzene rings is 1. The molecule has 1 unspecified atom stereocenters. The van der Waals surface area contributed by atoms with E-state index < -0.39 is 0 Å². The van der Waals surface area contributed by atoms with Gasteiger partial charge in [-0.2, -0.15) is 0 Å². The van der Waals surface area contributed by atoms with Gasteiger partial charge in [0.15, 0.2) is 0 Å². The van der Waals surface area contributed by atoms with Gasteiger partial charge in [-0.3, -0.25) is 4.98 Å². The van der Waals surface area contributed by atoms with Crippen LogP contribution in [0.1, 0.15) is 22.9 Å². The number of hydrogen-bond donors (Lipinski definition) is 1. The summed E-state index contributed by atoms with van der Waals surface area (Å²) in [5.41, 5.74) is 3.40. The van der Waals surface area contributed by atoms with E-state index in [-0.39, 0.29) is 6.04 Å². The standard InChI is InChI=1S/C15H16BrClN2/c1-10-7-12(5-6-19-10)15(18-2)8-11-3-4-13(16)9-14(11)17/h3-7,9,15,18H,8H2,1-2H3. The predicted molar refractivity (Wildman–Crippen MR) is 83.6 cm³/mol. The number of hydrogen-bond acceptors (Lipinski definition) is 2. The maximum Gasteiger partial charge on any atom is 0.0449 e. The minimum atomic E-state index is 0.236. The highest BCUT2D eigenvalue weighted by atomic mass is 79.9. The first-order chi connectivity index (χ1) is 9.10. The molecular weight excluding hydrogens is 324 g/mol. The maximum atomic E-state index is 6.28. The normalized spacial score (nSPS) is 12.4. The van der Waals surface area contributed by atoms with E-state index in [0.29, 0.717) is 0 Å². The van der Waals surface area contributed by atoms with Crippen molar-refractivity contribution in [2.75, 3.05) is 7.05 Å². The molecular formula is C15H16BrClN2. The van der Waals surface area contributed by atoms with Crippen LogP contribution in [0.3, 0.4) is 0 Å². The summed E-state index contributed by atoms with van der Waals surface area (Å²) in [6, 6.07) is 10.4. The summed E-state index contributed by atoms with van der Waals surface area (Å²) >= 11 is 9.70. The third kappa shape index (κ3) is 3.78. The topological polar surface area (TPSA) is 24.9 Å². The van der Waals surface area contributed by atoms with Crippen LogP contribution in [0, 0.1) is 6.92 Å². The molecule has 0 fully saturated rings. The second kappa shape index (κ2) is 6.51. The average Bonchev–Trinajstić information content (AvgIpc) is 2.38. The van der Waals surface area contributed by atoms with Crippen LogP contribution in [0.5, 0.6) is 0 Å². The van der Waals surface area contributed by atoms with Crippen molar-refractivity contribution in [3.8, 4) is 0 Å². The molecule has 0 bridgehead atoms. The zero-order valence-electron chi connectivity index (χ0n) is 11.0. The fourth-order valence-corrected chi connectivity index (χ4v) is 2.83. The van der Waals surface area contributed by atoms with Gasteiger partial charge in [-0.15, -0.1) is 0 Å². The van der Waals surface area contributed by atoms with E-state index in [2.05, 4.69) is 38.4 Å². The molecule has 2 rings (SSSR count). The van der Waals surface area contributed by atoms with E-state index in [1.54, 1.807) is 0 Å². The molecule has 100 valence electrons. The van der Waals surface area contributed by atoms with E-state index in [0.717, 1.165) is 27.2 Å². The smallest absolute Gasteiger partial charge is 0.0449 e. The molecule has 2 nitrogen and oxygen atoms in total. The Balaban J connectivity index is 2.24. The zero-order valence-corrected chi connectivity index (χ0v) is 13.3. The minimum absolute atomic E-state index is 0.236. The van der Waals surface area contributed by atoms with Crippen LogP contribution in [-0.2, 0) is 6.42 Å². The Kier molecular flexibility index (Phi) is 4.97. The first-order valence-corrected chi connectivity index (χ1v) is 7.31. The zero-order chi connectivity index (χ0) is 13.8. The van der Waals surface area contributed by atoms with Crippen molar-refractivity contribution >= 4 is 27.5 Å². The highest BCUT2D eigenvalue weighted by Gasteiger charge is 2.12. The molecule has 19 heavy (non-hydrogen) atoms. The molecule has 0 spiro atoms. The molecule has 4 heteroatoms. The maximum absolute atomic E-state index is 6.28. The third-order valence-electron chi connectivity index (χ3n) is 3.11. The molecule has 0 radical (unpaired) electrons. The van der Waals surface area contributed by atoms with Crippen molar-refractivity contribution in [3.63, 3.8) is 0 Å². The summed E-state index contributed by atoms with van der Waals surface area (Å²) in [7, 11) is 1.97. The molecule has 0 aliphatic heterocycles. The SMILES string of the molecule is CNC(Cc1ccc(Br)cc1Cl)c1ccnc(C)c1. The van der Waals surface area contributed by atoms with E-state index in [9.17, 15) is 0 Å². The monoisotopic (exact) mass is 338 g/mol. The number of nitrogens with zero attached hydrogens (tertiary/aromatic N) is 1. The summed E-state index contributed by atoms with van der Waals surface area (Å²) in [4.78, 5) is 4.23. The van der Waals surface area contributed by atoms with Crippen LogP contribution in [0.2, 0.25) is 5.02 Å². The Labute approximate surface area is 127 Å². The lowest BCUT2D eigenvalue weighted by atomic mass is 9.99. The number of aromatic nitrogens is 1. The van der Waals surface area contributed by atoms with Gasteiger partial charge in [0.1, 0.15) is 0 Å².